The van der Waals surface area contributed by atoms with Crippen LogP contribution in [0.5, 0.6) is 0 Å². The van der Waals surface area contributed by atoms with Crippen molar-refractivity contribution in [2.24, 2.45) is 0 Å². The molecule has 0 radical (unpaired) electrons. The van der Waals surface area contributed by atoms with E-state index in [2.05, 4.69) is 122 Å². The molecule has 44 heavy (non-hydrogen) atoms. The Morgan fingerprint density at radius 1 is 0.773 bits per heavy atom. The summed E-state index contributed by atoms with van der Waals surface area (Å²) in [4.78, 5) is 6.18. The molecule has 6 aromatic rings. The monoisotopic (exact) mass is 627 g/mol. The molecule has 7 rings (SSSR count). The van der Waals surface area contributed by atoms with E-state index >= 15 is 0 Å². The van der Waals surface area contributed by atoms with Crippen molar-refractivity contribution < 1.29 is 0 Å². The van der Waals surface area contributed by atoms with Crippen molar-refractivity contribution in [3.8, 4) is 0 Å². The first kappa shape index (κ1) is 28.8. The summed E-state index contributed by atoms with van der Waals surface area (Å²) >= 11 is 15.0. The molecule has 0 atom stereocenters. The Bertz CT molecular complexity index is 2220. The van der Waals surface area contributed by atoms with Crippen LogP contribution in [-0.4, -0.2) is 4.98 Å². The van der Waals surface area contributed by atoms with Crippen LogP contribution in [-0.2, 0) is 0 Å². The van der Waals surface area contributed by atoms with Gasteiger partial charge < -0.3 is 4.98 Å². The second kappa shape index (κ2) is 12.2. The maximum absolute atomic E-state index is 6.57. The van der Waals surface area contributed by atoms with Crippen molar-refractivity contribution in [1.82, 2.24) is 4.98 Å². The van der Waals surface area contributed by atoms with E-state index in [1.54, 1.807) is 0 Å². The van der Waals surface area contributed by atoms with Gasteiger partial charge in [-0.2, -0.15) is 0 Å². The molecule has 1 nitrogen and oxygen atoms in total. The predicted molar refractivity (Wildman–Crippen MR) is 194 cm³/mol. The number of nitrogens with one attached hydrogen (secondary N) is 1. The number of hydrogen-bond acceptors (Lipinski definition) is 1. The second-order valence-electron chi connectivity index (χ2n) is 11.3. The summed E-state index contributed by atoms with van der Waals surface area (Å²) in [6.07, 6.45) is 12.1. The van der Waals surface area contributed by atoms with Crippen LogP contribution >= 0.6 is 35.0 Å². The first-order valence-corrected chi connectivity index (χ1v) is 16.5. The molecule has 0 spiro atoms. The average molecular weight is 629 g/mol. The number of rotatable bonds is 6. The topological polar surface area (TPSA) is 15.8 Å². The zero-order valence-electron chi connectivity index (χ0n) is 24.5. The van der Waals surface area contributed by atoms with Crippen molar-refractivity contribution >= 4 is 79.1 Å². The summed E-state index contributed by atoms with van der Waals surface area (Å²) in [7, 11) is 0. The first-order valence-electron chi connectivity index (χ1n) is 14.9. The van der Waals surface area contributed by atoms with E-state index in [9.17, 15) is 0 Å². The molecule has 0 saturated heterocycles. The van der Waals surface area contributed by atoms with Crippen LogP contribution < -0.4 is 5.35 Å². The number of aryl methyl sites for hydroxylation is 1. The van der Waals surface area contributed by atoms with Gasteiger partial charge in [0.1, 0.15) is 0 Å². The van der Waals surface area contributed by atoms with E-state index in [0.717, 1.165) is 62.1 Å². The summed E-state index contributed by atoms with van der Waals surface area (Å²) in [6.45, 7) is 6.62. The van der Waals surface area contributed by atoms with Crippen LogP contribution in [0.3, 0.4) is 0 Å². The van der Waals surface area contributed by atoms with Crippen molar-refractivity contribution in [2.45, 2.75) is 31.1 Å². The standard InChI is InChI=1S/C40H31Cl2NS/c1-25(30-13-7-14-31-34(41)21-18-26(2)38(30)31)17-19-27-9-6-10-28(40(27)44-29-11-4-3-5-12-29)20-23-36-33-16-8-15-32-35(42)22-24-37(43-36)39(32)33/h3-5,7-8,11-24,43H,1,6,9-10H2,2H3/b19-17+,28-20+,36-23+. The second-order valence-corrected chi connectivity index (χ2v) is 13.2. The van der Waals surface area contributed by atoms with Gasteiger partial charge in [0.2, 0.25) is 0 Å². The van der Waals surface area contributed by atoms with Gasteiger partial charge in [0, 0.05) is 52.3 Å². The summed E-state index contributed by atoms with van der Waals surface area (Å²) in [5.41, 5.74) is 7.09. The summed E-state index contributed by atoms with van der Waals surface area (Å²) in [5, 5.41) is 8.34. The fraction of sp³-hybridized carbons (Fsp3) is 0.100. The lowest BCUT2D eigenvalue weighted by molar-refractivity contribution is 0.793. The Morgan fingerprint density at radius 2 is 1.50 bits per heavy atom. The number of fused-ring (bicyclic) bond motifs is 1. The van der Waals surface area contributed by atoms with Crippen LogP contribution in [0.1, 0.15) is 30.4 Å². The van der Waals surface area contributed by atoms with Crippen LogP contribution in [0.15, 0.2) is 137 Å². The molecule has 0 fully saturated rings. The van der Waals surface area contributed by atoms with E-state index in [4.69, 9.17) is 23.2 Å². The third-order valence-electron chi connectivity index (χ3n) is 8.46. The zero-order valence-corrected chi connectivity index (χ0v) is 26.8. The van der Waals surface area contributed by atoms with Gasteiger partial charge in [-0.1, -0.05) is 120 Å². The number of thioether (sulfide) groups is 1. The van der Waals surface area contributed by atoms with Crippen molar-refractivity contribution in [1.29, 1.82) is 0 Å². The lowest BCUT2D eigenvalue weighted by Crippen LogP contribution is -2.03. The molecule has 1 N–H and O–H groups in total. The van der Waals surface area contributed by atoms with Gasteiger partial charge >= 0.3 is 0 Å². The minimum atomic E-state index is 0.767. The lowest BCUT2D eigenvalue weighted by atomic mass is 9.92. The number of aromatic amines is 1. The largest absolute Gasteiger partial charge is 0.354 e. The van der Waals surface area contributed by atoms with Crippen molar-refractivity contribution in [3.63, 3.8) is 0 Å². The molecule has 4 heteroatoms. The Kier molecular flexibility index (Phi) is 7.99. The summed E-state index contributed by atoms with van der Waals surface area (Å²) < 4.78 is 0. The smallest absolute Gasteiger partial charge is 0.0486 e. The lowest BCUT2D eigenvalue weighted by Gasteiger charge is -2.21. The highest BCUT2D eigenvalue weighted by Gasteiger charge is 2.18. The van der Waals surface area contributed by atoms with Crippen LogP contribution in [0.4, 0.5) is 0 Å². The van der Waals surface area contributed by atoms with E-state index in [-0.39, 0.29) is 0 Å². The molecule has 216 valence electrons. The van der Waals surface area contributed by atoms with Gasteiger partial charge in [0.15, 0.2) is 0 Å². The Hall–Kier alpha value is -3.95. The minimum Gasteiger partial charge on any atom is -0.354 e. The number of allylic oxidation sites excluding steroid dienone is 6. The molecular formula is C40H31Cl2NS. The molecule has 0 aliphatic heterocycles. The van der Waals surface area contributed by atoms with E-state index in [0.29, 0.717) is 0 Å². The predicted octanol–water partition coefficient (Wildman–Crippen LogP) is 12.0. The Morgan fingerprint density at radius 3 is 2.32 bits per heavy atom. The molecular weight excluding hydrogens is 597 g/mol. The SMILES string of the molecule is C=C(/C=C/C1=C(Sc2ccccc2)C(=C/C=c2/[nH]c3ccc(Cl)c4cccc2c34)/CCC1)c1cccc2c(Cl)ccc(C)c12. The molecule has 0 saturated carbocycles. The van der Waals surface area contributed by atoms with Crippen LogP contribution in [0, 0.1) is 6.92 Å². The highest BCUT2D eigenvalue weighted by Crippen LogP contribution is 2.42. The number of H-pyrrole nitrogens is 1. The average Bonchev–Trinajstić information content (AvgIpc) is 3.42. The fourth-order valence-corrected chi connectivity index (χ4v) is 7.86. The van der Waals surface area contributed by atoms with Crippen molar-refractivity contribution in [3.05, 3.63) is 158 Å². The quantitative estimate of drug-likeness (QED) is 0.182. The summed E-state index contributed by atoms with van der Waals surface area (Å²) in [6, 6.07) is 31.4. The zero-order chi connectivity index (χ0) is 30.2. The summed E-state index contributed by atoms with van der Waals surface area (Å²) in [5.74, 6) is 0. The van der Waals surface area contributed by atoms with E-state index in [1.165, 1.54) is 42.7 Å². The van der Waals surface area contributed by atoms with E-state index in [1.807, 2.05) is 23.9 Å². The molecule has 0 bridgehead atoms. The molecule has 0 unspecified atom stereocenters. The molecule has 1 aromatic heterocycles. The van der Waals surface area contributed by atoms with Gasteiger partial charge in [0.05, 0.1) is 0 Å². The fourth-order valence-electron chi connectivity index (χ4n) is 6.29. The van der Waals surface area contributed by atoms with Crippen LogP contribution in [0.25, 0.3) is 44.1 Å². The number of halogens is 2. The Balaban J connectivity index is 1.31. The van der Waals surface area contributed by atoms with Gasteiger partial charge in [-0.05, 0) is 95.8 Å². The maximum Gasteiger partial charge on any atom is 0.0486 e. The molecule has 1 aliphatic carbocycles. The third kappa shape index (κ3) is 5.43. The third-order valence-corrected chi connectivity index (χ3v) is 10.4. The molecule has 0 amide bonds. The number of hydrogen-bond donors (Lipinski definition) is 1. The Labute approximate surface area is 272 Å². The van der Waals surface area contributed by atoms with Gasteiger partial charge in [-0.3, -0.25) is 0 Å². The highest BCUT2D eigenvalue weighted by atomic mass is 35.5. The highest BCUT2D eigenvalue weighted by molar-refractivity contribution is 8.03. The normalized spacial score (nSPS) is 15.5. The minimum absolute atomic E-state index is 0.767. The maximum atomic E-state index is 6.57. The van der Waals surface area contributed by atoms with Crippen LogP contribution in [0.2, 0.25) is 10.0 Å². The number of benzene rings is 5. The first-order chi connectivity index (χ1) is 21.5. The molecule has 1 heterocycles. The van der Waals surface area contributed by atoms with E-state index < -0.39 is 0 Å². The number of aromatic nitrogens is 1. The molecule has 1 aliphatic rings. The van der Waals surface area contributed by atoms with Gasteiger partial charge in [0.25, 0.3) is 0 Å². The molecule has 5 aromatic carbocycles. The van der Waals surface area contributed by atoms with Crippen molar-refractivity contribution in [2.75, 3.05) is 0 Å². The van der Waals surface area contributed by atoms with Gasteiger partial charge in [-0.25, -0.2) is 0 Å². The van der Waals surface area contributed by atoms with Gasteiger partial charge in [-0.15, -0.1) is 0 Å².